The summed E-state index contributed by atoms with van der Waals surface area (Å²) in [5.74, 6) is 0.323. The number of halogens is 6. The van der Waals surface area contributed by atoms with Crippen LogP contribution in [0.25, 0.3) is 0 Å². The molecule has 0 aliphatic heterocycles. The summed E-state index contributed by atoms with van der Waals surface area (Å²) in [5.41, 5.74) is 2.70. The summed E-state index contributed by atoms with van der Waals surface area (Å²) in [6.45, 7) is 0.672. The lowest BCUT2D eigenvalue weighted by atomic mass is 10.1. The standard InChI is InChI=1S/C25H17Cl6N3O2/c26-18-3-1-15(20(28)9-18)12-35-25-22(30)7-17(8-23(25)31)24(11-34-6-5-32-14-34)33-36-13-16-2-4-19(27)10-21(16)29/h1-10,14H,11-13H2/b33-24-. The zero-order chi connectivity index (χ0) is 25.7. The van der Waals surface area contributed by atoms with Crippen molar-refractivity contribution < 1.29 is 9.57 Å². The lowest BCUT2D eigenvalue weighted by Gasteiger charge is -2.14. The molecule has 0 spiro atoms. The number of nitrogens with zero attached hydrogens (tertiary/aromatic N) is 3. The number of benzene rings is 3. The zero-order valence-electron chi connectivity index (χ0n) is 18.4. The molecule has 1 heterocycles. The summed E-state index contributed by atoms with van der Waals surface area (Å²) in [5, 5.41) is 7.01. The van der Waals surface area contributed by atoms with Crippen molar-refractivity contribution in [2.75, 3.05) is 0 Å². The Balaban J connectivity index is 1.56. The molecule has 36 heavy (non-hydrogen) atoms. The van der Waals surface area contributed by atoms with Gasteiger partial charge in [0.2, 0.25) is 0 Å². The van der Waals surface area contributed by atoms with E-state index in [1.165, 1.54) is 0 Å². The molecule has 4 aromatic rings. The second-order valence-corrected chi connectivity index (χ2v) is 10.1. The predicted molar refractivity (Wildman–Crippen MR) is 147 cm³/mol. The molecule has 0 bridgehead atoms. The highest BCUT2D eigenvalue weighted by molar-refractivity contribution is 6.38. The third-order valence-electron chi connectivity index (χ3n) is 5.02. The number of ether oxygens (including phenoxy) is 1. The summed E-state index contributed by atoms with van der Waals surface area (Å²) in [4.78, 5) is 9.71. The van der Waals surface area contributed by atoms with Gasteiger partial charge in [0.05, 0.1) is 22.9 Å². The fraction of sp³-hybridized carbons (Fsp3) is 0.120. The van der Waals surface area contributed by atoms with Gasteiger partial charge in [-0.25, -0.2) is 4.98 Å². The van der Waals surface area contributed by atoms with Crippen LogP contribution in [0.5, 0.6) is 5.75 Å². The van der Waals surface area contributed by atoms with Gasteiger partial charge < -0.3 is 14.1 Å². The molecule has 0 saturated heterocycles. The van der Waals surface area contributed by atoms with Crippen LogP contribution >= 0.6 is 69.6 Å². The molecule has 4 rings (SSSR count). The van der Waals surface area contributed by atoms with Crippen LogP contribution in [0.15, 0.2) is 72.4 Å². The van der Waals surface area contributed by atoms with E-state index in [9.17, 15) is 0 Å². The number of hydrogen-bond acceptors (Lipinski definition) is 4. The minimum atomic E-state index is 0.147. The fourth-order valence-electron chi connectivity index (χ4n) is 3.20. The Hall–Kier alpha value is -2.12. The third kappa shape index (κ3) is 7.00. The maximum Gasteiger partial charge on any atom is 0.157 e. The van der Waals surface area contributed by atoms with Crippen LogP contribution < -0.4 is 4.74 Å². The first-order valence-electron chi connectivity index (χ1n) is 10.4. The molecule has 0 amide bonds. The fourth-order valence-corrected chi connectivity index (χ4v) is 4.72. The number of hydrogen-bond donors (Lipinski definition) is 0. The quantitative estimate of drug-likeness (QED) is 0.142. The van der Waals surface area contributed by atoms with Crippen molar-refractivity contribution in [3.8, 4) is 5.75 Å². The molecule has 0 aliphatic carbocycles. The van der Waals surface area contributed by atoms with Crippen LogP contribution in [0.2, 0.25) is 30.1 Å². The van der Waals surface area contributed by atoms with E-state index in [-0.39, 0.29) is 13.2 Å². The normalized spacial score (nSPS) is 11.6. The molecule has 0 unspecified atom stereocenters. The average molecular weight is 604 g/mol. The Morgan fingerprint density at radius 3 is 1.94 bits per heavy atom. The predicted octanol–water partition coefficient (Wildman–Crippen LogP) is 9.00. The Kier molecular flexibility index (Phi) is 9.29. The van der Waals surface area contributed by atoms with E-state index in [1.54, 1.807) is 61.1 Å². The van der Waals surface area contributed by atoms with Gasteiger partial charge in [0.1, 0.15) is 18.9 Å². The first-order chi connectivity index (χ1) is 17.3. The van der Waals surface area contributed by atoms with Crippen LogP contribution in [0.1, 0.15) is 16.7 Å². The van der Waals surface area contributed by atoms with Gasteiger partial charge in [-0.05, 0) is 36.4 Å². The highest BCUT2D eigenvalue weighted by Gasteiger charge is 2.16. The highest BCUT2D eigenvalue weighted by Crippen LogP contribution is 2.36. The highest BCUT2D eigenvalue weighted by atomic mass is 35.5. The molecule has 0 fully saturated rings. The van der Waals surface area contributed by atoms with Crippen molar-refractivity contribution in [3.05, 3.63) is 114 Å². The Morgan fingerprint density at radius 2 is 1.39 bits per heavy atom. The molecule has 3 aromatic carbocycles. The molecule has 0 radical (unpaired) electrons. The SMILES string of the molecule is Clc1ccc(CO/N=C(/Cn2ccnc2)c2cc(Cl)c(OCc3ccc(Cl)cc3Cl)c(Cl)c2)c(Cl)c1. The van der Waals surface area contributed by atoms with Crippen molar-refractivity contribution in [1.82, 2.24) is 9.55 Å². The van der Waals surface area contributed by atoms with Gasteiger partial charge >= 0.3 is 0 Å². The Bertz CT molecular complexity index is 1370. The Morgan fingerprint density at radius 1 is 0.778 bits per heavy atom. The zero-order valence-corrected chi connectivity index (χ0v) is 22.9. The van der Waals surface area contributed by atoms with Crippen LogP contribution in [0.4, 0.5) is 0 Å². The molecular weight excluding hydrogens is 587 g/mol. The smallest absolute Gasteiger partial charge is 0.157 e. The maximum absolute atomic E-state index is 6.55. The molecule has 0 N–H and O–H groups in total. The molecule has 186 valence electrons. The van der Waals surface area contributed by atoms with Crippen LogP contribution in [0.3, 0.4) is 0 Å². The lowest BCUT2D eigenvalue weighted by Crippen LogP contribution is -2.12. The number of imidazole rings is 1. The minimum Gasteiger partial charge on any atom is -0.486 e. The number of oxime groups is 1. The summed E-state index contributed by atoms with van der Waals surface area (Å²) in [6, 6.07) is 13.7. The molecule has 0 aliphatic rings. The van der Waals surface area contributed by atoms with E-state index in [1.807, 2.05) is 10.8 Å². The molecular formula is C25H17Cl6N3O2. The van der Waals surface area contributed by atoms with E-state index < -0.39 is 0 Å². The summed E-state index contributed by atoms with van der Waals surface area (Å²) in [6.07, 6.45) is 5.15. The van der Waals surface area contributed by atoms with Crippen molar-refractivity contribution in [2.45, 2.75) is 19.8 Å². The van der Waals surface area contributed by atoms with Crippen molar-refractivity contribution in [1.29, 1.82) is 0 Å². The second kappa shape index (κ2) is 12.4. The molecule has 1 aromatic heterocycles. The average Bonchev–Trinajstić information content (AvgIpc) is 3.33. The first kappa shape index (κ1) is 26.9. The van der Waals surface area contributed by atoms with Gasteiger partial charge in [-0.15, -0.1) is 0 Å². The monoisotopic (exact) mass is 601 g/mol. The molecule has 0 saturated carbocycles. The molecule has 5 nitrogen and oxygen atoms in total. The van der Waals surface area contributed by atoms with Crippen LogP contribution in [-0.2, 0) is 24.6 Å². The van der Waals surface area contributed by atoms with Crippen LogP contribution in [-0.4, -0.2) is 15.3 Å². The maximum atomic E-state index is 6.55. The van der Waals surface area contributed by atoms with E-state index in [4.69, 9.17) is 79.2 Å². The van der Waals surface area contributed by atoms with Crippen molar-refractivity contribution >= 4 is 75.3 Å². The van der Waals surface area contributed by atoms with E-state index in [0.29, 0.717) is 53.7 Å². The van der Waals surface area contributed by atoms with Gasteiger partial charge in [-0.3, -0.25) is 0 Å². The van der Waals surface area contributed by atoms with Gasteiger partial charge in [-0.2, -0.15) is 0 Å². The van der Waals surface area contributed by atoms with Crippen molar-refractivity contribution in [2.24, 2.45) is 5.16 Å². The van der Waals surface area contributed by atoms with Crippen LogP contribution in [0, 0.1) is 0 Å². The van der Waals surface area contributed by atoms with Gasteiger partial charge in [0, 0.05) is 49.2 Å². The van der Waals surface area contributed by atoms with E-state index >= 15 is 0 Å². The number of rotatable bonds is 9. The second-order valence-electron chi connectivity index (χ2n) is 7.58. The summed E-state index contributed by atoms with van der Waals surface area (Å²) >= 11 is 37.5. The van der Waals surface area contributed by atoms with Gasteiger partial charge in [0.15, 0.2) is 5.75 Å². The van der Waals surface area contributed by atoms with Gasteiger partial charge in [-0.1, -0.05) is 86.9 Å². The summed E-state index contributed by atoms with van der Waals surface area (Å²) < 4.78 is 7.71. The van der Waals surface area contributed by atoms with E-state index in [2.05, 4.69) is 10.1 Å². The topological polar surface area (TPSA) is 48.6 Å². The molecule has 0 atom stereocenters. The number of aromatic nitrogens is 2. The van der Waals surface area contributed by atoms with Crippen molar-refractivity contribution in [3.63, 3.8) is 0 Å². The first-order valence-corrected chi connectivity index (χ1v) is 12.7. The largest absolute Gasteiger partial charge is 0.486 e. The minimum absolute atomic E-state index is 0.147. The Labute approximate surface area is 238 Å². The molecule has 11 heteroatoms. The van der Waals surface area contributed by atoms with E-state index in [0.717, 1.165) is 11.1 Å². The lowest BCUT2D eigenvalue weighted by molar-refractivity contribution is 0.130. The summed E-state index contributed by atoms with van der Waals surface area (Å²) in [7, 11) is 0. The van der Waals surface area contributed by atoms with Gasteiger partial charge in [0.25, 0.3) is 0 Å². The third-order valence-corrected chi connectivity index (χ3v) is 6.76.